The van der Waals surface area contributed by atoms with E-state index >= 15 is 0 Å². The van der Waals surface area contributed by atoms with Gasteiger partial charge < -0.3 is 14.7 Å². The number of aromatic nitrogens is 2. The van der Waals surface area contributed by atoms with Crippen LogP contribution in [0.3, 0.4) is 0 Å². The van der Waals surface area contributed by atoms with E-state index in [2.05, 4.69) is 15.3 Å². The fourth-order valence-electron chi connectivity index (χ4n) is 2.02. The lowest BCUT2D eigenvalue weighted by atomic mass is 10.2. The second-order valence-electron chi connectivity index (χ2n) is 4.51. The number of hydrogen-bond acceptors (Lipinski definition) is 4. The Morgan fingerprint density at radius 1 is 1.19 bits per heavy atom. The van der Waals surface area contributed by atoms with Crippen molar-refractivity contribution in [3.63, 3.8) is 0 Å². The molecule has 0 aliphatic rings. The van der Waals surface area contributed by atoms with Crippen molar-refractivity contribution >= 4 is 22.6 Å². The van der Waals surface area contributed by atoms with Crippen LogP contribution in [0.4, 0.5) is 5.69 Å². The van der Waals surface area contributed by atoms with Gasteiger partial charge in [-0.25, -0.2) is 4.79 Å². The maximum absolute atomic E-state index is 12.1. The number of anilines is 1. The average Bonchev–Trinajstić information content (AvgIpc) is 2.86. The normalized spacial score (nSPS) is 10.7. The Kier molecular flexibility index (Phi) is 2.94. The number of para-hydroxylation sites is 1. The fourth-order valence-corrected chi connectivity index (χ4v) is 2.02. The molecule has 2 heterocycles. The lowest BCUT2D eigenvalue weighted by Gasteiger charge is -2.04. The summed E-state index contributed by atoms with van der Waals surface area (Å²) in [5.41, 5.74) is -0.456. The van der Waals surface area contributed by atoms with Crippen LogP contribution in [0.5, 0.6) is 0 Å². The van der Waals surface area contributed by atoms with Crippen molar-refractivity contribution in [3.8, 4) is 0 Å². The molecule has 1 amide bonds. The van der Waals surface area contributed by atoms with Crippen LogP contribution in [0, 0.1) is 6.92 Å². The molecule has 1 aromatic carbocycles. The Bertz CT molecular complexity index is 915. The maximum atomic E-state index is 12.1. The summed E-state index contributed by atoms with van der Waals surface area (Å²) in [6, 6.07) is 8.76. The number of fused-ring (bicyclic) bond motifs is 1. The van der Waals surface area contributed by atoms with Gasteiger partial charge in [0.1, 0.15) is 11.3 Å². The minimum absolute atomic E-state index is 0.0138. The van der Waals surface area contributed by atoms with Crippen LogP contribution >= 0.6 is 0 Å². The van der Waals surface area contributed by atoms with Crippen molar-refractivity contribution in [2.75, 3.05) is 5.32 Å². The minimum Gasteiger partial charge on any atom is -0.451 e. The largest absolute Gasteiger partial charge is 0.451 e. The zero-order valence-electron chi connectivity index (χ0n) is 11.0. The van der Waals surface area contributed by atoms with E-state index in [4.69, 9.17) is 4.42 Å². The molecule has 0 spiro atoms. The van der Waals surface area contributed by atoms with Crippen LogP contribution in [0.1, 0.15) is 16.2 Å². The smallest absolute Gasteiger partial charge is 0.326 e. The van der Waals surface area contributed by atoms with Gasteiger partial charge in [0.05, 0.1) is 0 Å². The number of aromatic amines is 2. The number of hydrogen-bond donors (Lipinski definition) is 3. The van der Waals surface area contributed by atoms with Crippen LogP contribution in [0.2, 0.25) is 0 Å². The fraction of sp³-hybridized carbons (Fsp3) is 0.0714. The summed E-state index contributed by atoms with van der Waals surface area (Å²) in [5, 5.41) is 3.22. The highest BCUT2D eigenvalue weighted by atomic mass is 16.3. The Morgan fingerprint density at radius 3 is 2.67 bits per heavy atom. The predicted molar refractivity (Wildman–Crippen MR) is 76.6 cm³/mol. The van der Waals surface area contributed by atoms with Crippen LogP contribution in [0.25, 0.3) is 11.0 Å². The lowest BCUT2D eigenvalue weighted by Crippen LogP contribution is -2.28. The molecule has 2 aromatic heterocycles. The molecule has 7 nitrogen and oxygen atoms in total. The summed E-state index contributed by atoms with van der Waals surface area (Å²) < 4.78 is 5.41. The number of carbonyl (C=O) groups excluding carboxylic acids is 1. The molecule has 0 radical (unpaired) electrons. The lowest BCUT2D eigenvalue weighted by molar-refractivity contribution is 0.0998. The van der Waals surface area contributed by atoms with Gasteiger partial charge in [0.15, 0.2) is 5.76 Å². The van der Waals surface area contributed by atoms with E-state index in [1.807, 2.05) is 12.1 Å². The minimum atomic E-state index is -0.666. The quantitative estimate of drug-likeness (QED) is 0.660. The zero-order valence-corrected chi connectivity index (χ0v) is 11.0. The third kappa shape index (κ3) is 2.36. The van der Waals surface area contributed by atoms with Crippen molar-refractivity contribution in [1.82, 2.24) is 9.97 Å². The third-order valence-electron chi connectivity index (χ3n) is 3.02. The van der Waals surface area contributed by atoms with Crippen LogP contribution in [-0.4, -0.2) is 15.9 Å². The van der Waals surface area contributed by atoms with Gasteiger partial charge in [-0.05, 0) is 19.1 Å². The molecule has 0 fully saturated rings. The molecule has 3 aromatic rings. The Balaban J connectivity index is 1.97. The number of furan rings is 1. The first-order valence-corrected chi connectivity index (χ1v) is 6.18. The number of amides is 1. The van der Waals surface area contributed by atoms with Crippen molar-refractivity contribution in [2.45, 2.75) is 6.92 Å². The molecular weight excluding hydrogens is 274 g/mol. The summed E-state index contributed by atoms with van der Waals surface area (Å²) >= 11 is 0. The van der Waals surface area contributed by atoms with Crippen molar-refractivity contribution < 1.29 is 9.21 Å². The number of rotatable bonds is 2. The summed E-state index contributed by atoms with van der Waals surface area (Å²) in [7, 11) is 0. The van der Waals surface area contributed by atoms with E-state index in [1.165, 1.54) is 6.92 Å². The van der Waals surface area contributed by atoms with Gasteiger partial charge in [-0.15, -0.1) is 0 Å². The predicted octanol–water partition coefficient (Wildman–Crippen LogP) is 1.37. The number of benzene rings is 1. The standard InChI is InChI=1S/C14H11N3O4/c1-7-11(13(19)17-14(20)15-7)16-12(18)10-6-8-4-2-3-5-9(8)21-10/h2-6H,1H3,(H,16,18)(H2,15,17,19,20). The molecule has 7 heteroatoms. The molecule has 21 heavy (non-hydrogen) atoms. The molecule has 0 unspecified atom stereocenters. The van der Waals surface area contributed by atoms with Gasteiger partial charge in [0.25, 0.3) is 11.5 Å². The SMILES string of the molecule is Cc1[nH]c(=O)[nH]c(=O)c1NC(=O)c1cc2ccccc2o1. The first-order valence-electron chi connectivity index (χ1n) is 6.18. The van der Waals surface area contributed by atoms with Crippen molar-refractivity contribution in [3.05, 3.63) is 62.6 Å². The second-order valence-corrected chi connectivity index (χ2v) is 4.51. The summed E-state index contributed by atoms with van der Waals surface area (Å²) in [4.78, 5) is 39.4. The molecule has 0 saturated heterocycles. The van der Waals surface area contributed by atoms with Crippen LogP contribution in [-0.2, 0) is 0 Å². The topological polar surface area (TPSA) is 108 Å². The van der Waals surface area contributed by atoms with Crippen molar-refractivity contribution in [2.24, 2.45) is 0 Å². The Morgan fingerprint density at radius 2 is 1.95 bits per heavy atom. The highest BCUT2D eigenvalue weighted by Gasteiger charge is 2.15. The average molecular weight is 285 g/mol. The summed E-state index contributed by atoms with van der Waals surface area (Å²) in [5.74, 6) is -0.479. The van der Waals surface area contributed by atoms with Crippen molar-refractivity contribution in [1.29, 1.82) is 0 Å². The first kappa shape index (κ1) is 12.9. The van der Waals surface area contributed by atoms with E-state index < -0.39 is 17.2 Å². The monoisotopic (exact) mass is 285 g/mol. The van der Waals surface area contributed by atoms with Gasteiger partial charge in [0, 0.05) is 11.1 Å². The molecule has 3 rings (SSSR count). The molecule has 106 valence electrons. The molecule has 0 bridgehead atoms. The highest BCUT2D eigenvalue weighted by Crippen LogP contribution is 2.19. The molecule has 3 N–H and O–H groups in total. The molecule has 0 aliphatic heterocycles. The summed E-state index contributed by atoms with van der Waals surface area (Å²) in [6.45, 7) is 1.52. The first-order chi connectivity index (χ1) is 10.0. The van der Waals surface area contributed by atoms with E-state index in [9.17, 15) is 14.4 Å². The number of aryl methyl sites for hydroxylation is 1. The van der Waals surface area contributed by atoms with Gasteiger partial charge in [-0.2, -0.15) is 0 Å². The van der Waals surface area contributed by atoms with Gasteiger partial charge >= 0.3 is 5.69 Å². The zero-order chi connectivity index (χ0) is 15.0. The van der Waals surface area contributed by atoms with Gasteiger partial charge in [-0.1, -0.05) is 18.2 Å². The van der Waals surface area contributed by atoms with Gasteiger partial charge in [-0.3, -0.25) is 14.6 Å². The Hall–Kier alpha value is -3.09. The van der Waals surface area contributed by atoms with E-state index in [1.54, 1.807) is 18.2 Å². The van der Waals surface area contributed by atoms with Crippen LogP contribution in [0.15, 0.2) is 44.3 Å². The van der Waals surface area contributed by atoms with Crippen LogP contribution < -0.4 is 16.6 Å². The molecule has 0 aliphatic carbocycles. The maximum Gasteiger partial charge on any atom is 0.326 e. The van der Waals surface area contributed by atoms with E-state index in [0.29, 0.717) is 5.58 Å². The molecule has 0 saturated carbocycles. The van der Waals surface area contributed by atoms with E-state index in [0.717, 1.165) is 5.39 Å². The number of nitrogens with one attached hydrogen (secondary N) is 3. The molecular formula is C14H11N3O4. The Labute approximate surface area is 117 Å². The highest BCUT2D eigenvalue weighted by molar-refractivity contribution is 6.04. The molecule has 0 atom stereocenters. The number of carbonyl (C=O) groups is 1. The summed E-state index contributed by atoms with van der Waals surface area (Å²) in [6.07, 6.45) is 0. The second kappa shape index (κ2) is 4.78. The van der Waals surface area contributed by atoms with Gasteiger partial charge in [0.2, 0.25) is 0 Å². The number of H-pyrrole nitrogens is 2. The van der Waals surface area contributed by atoms with E-state index in [-0.39, 0.29) is 17.1 Å². The third-order valence-corrected chi connectivity index (χ3v) is 3.02.